The third-order valence-electron chi connectivity index (χ3n) is 3.52. The fourth-order valence-electron chi connectivity index (χ4n) is 2.53. The van der Waals surface area contributed by atoms with E-state index < -0.39 is 0 Å². The van der Waals surface area contributed by atoms with Crippen LogP contribution in [-0.2, 0) is 11.2 Å². The second-order valence-electron chi connectivity index (χ2n) is 4.68. The van der Waals surface area contributed by atoms with Crippen molar-refractivity contribution >= 4 is 0 Å². The van der Waals surface area contributed by atoms with Gasteiger partial charge >= 0.3 is 0 Å². The Labute approximate surface area is 95.0 Å². The molecule has 1 aromatic heterocycles. The van der Waals surface area contributed by atoms with E-state index in [0.717, 1.165) is 57.0 Å². The Morgan fingerprint density at radius 3 is 2.81 bits per heavy atom. The van der Waals surface area contributed by atoms with Gasteiger partial charge in [-0.2, -0.15) is 5.10 Å². The van der Waals surface area contributed by atoms with Crippen molar-refractivity contribution in [3.8, 4) is 0 Å². The van der Waals surface area contributed by atoms with Crippen LogP contribution < -0.4 is 5.73 Å². The summed E-state index contributed by atoms with van der Waals surface area (Å²) in [5, 5.41) is 4.58. The maximum absolute atomic E-state index is 6.02. The zero-order valence-electron chi connectivity index (χ0n) is 9.43. The highest BCUT2D eigenvalue weighted by Gasteiger charge is 2.25. The number of fused-ring (bicyclic) bond motifs is 1. The summed E-state index contributed by atoms with van der Waals surface area (Å²) in [6, 6.07) is 0. The highest BCUT2D eigenvalue weighted by Crippen LogP contribution is 2.27. The standard InChI is InChI=1S/C11H18N4O/c12-9-2-1-3-10-13-11(14-15(9)10)8-4-6-16-7-5-8/h8-9H,1-7,12H2. The Hall–Kier alpha value is -0.940. The van der Waals surface area contributed by atoms with Crippen molar-refractivity contribution in [3.63, 3.8) is 0 Å². The van der Waals surface area contributed by atoms with Gasteiger partial charge in [0, 0.05) is 25.6 Å². The lowest BCUT2D eigenvalue weighted by Crippen LogP contribution is -2.26. The molecule has 1 saturated heterocycles. The molecule has 88 valence electrons. The minimum absolute atomic E-state index is 0.0323. The summed E-state index contributed by atoms with van der Waals surface area (Å²) in [5.41, 5.74) is 6.02. The number of hydrogen-bond acceptors (Lipinski definition) is 4. The van der Waals surface area contributed by atoms with Gasteiger partial charge in [0.2, 0.25) is 0 Å². The molecule has 2 aliphatic heterocycles. The van der Waals surface area contributed by atoms with E-state index in [2.05, 4.69) is 10.1 Å². The van der Waals surface area contributed by atoms with E-state index >= 15 is 0 Å². The average molecular weight is 222 g/mol. The van der Waals surface area contributed by atoms with Crippen molar-refractivity contribution in [1.82, 2.24) is 14.8 Å². The van der Waals surface area contributed by atoms with Crippen molar-refractivity contribution < 1.29 is 4.74 Å². The van der Waals surface area contributed by atoms with Gasteiger partial charge in [-0.1, -0.05) is 0 Å². The lowest BCUT2D eigenvalue weighted by Gasteiger charge is -2.19. The van der Waals surface area contributed by atoms with Crippen LogP contribution in [0, 0.1) is 0 Å². The lowest BCUT2D eigenvalue weighted by molar-refractivity contribution is 0.0835. The molecule has 2 N–H and O–H groups in total. The normalized spacial score (nSPS) is 26.7. The van der Waals surface area contributed by atoms with Gasteiger partial charge < -0.3 is 10.5 Å². The van der Waals surface area contributed by atoms with Crippen LogP contribution in [-0.4, -0.2) is 28.0 Å². The van der Waals surface area contributed by atoms with Gasteiger partial charge in [-0.15, -0.1) is 0 Å². The molecular weight excluding hydrogens is 204 g/mol. The zero-order chi connectivity index (χ0) is 11.0. The molecule has 0 aromatic carbocycles. The quantitative estimate of drug-likeness (QED) is 0.768. The number of nitrogens with two attached hydrogens (primary N) is 1. The zero-order valence-corrected chi connectivity index (χ0v) is 9.43. The van der Waals surface area contributed by atoms with Gasteiger partial charge in [-0.3, -0.25) is 0 Å². The van der Waals surface area contributed by atoms with Gasteiger partial charge in [-0.05, 0) is 25.7 Å². The number of hydrogen-bond donors (Lipinski definition) is 1. The maximum Gasteiger partial charge on any atom is 0.154 e. The largest absolute Gasteiger partial charge is 0.381 e. The van der Waals surface area contributed by atoms with Crippen LogP contribution in [0.15, 0.2) is 0 Å². The number of rotatable bonds is 1. The summed E-state index contributed by atoms with van der Waals surface area (Å²) < 4.78 is 7.28. The van der Waals surface area contributed by atoms with E-state index in [1.165, 1.54) is 0 Å². The predicted octanol–water partition coefficient (Wildman–Crippen LogP) is 0.966. The first-order valence-corrected chi connectivity index (χ1v) is 6.13. The molecule has 1 atom stereocenters. The summed E-state index contributed by atoms with van der Waals surface area (Å²) in [7, 11) is 0. The third kappa shape index (κ3) is 1.74. The number of ether oxygens (including phenoxy) is 1. The number of aryl methyl sites for hydroxylation is 1. The highest BCUT2D eigenvalue weighted by molar-refractivity contribution is 5.03. The van der Waals surface area contributed by atoms with Gasteiger partial charge in [0.05, 0.1) is 0 Å². The third-order valence-corrected chi connectivity index (χ3v) is 3.52. The monoisotopic (exact) mass is 222 g/mol. The summed E-state index contributed by atoms with van der Waals surface area (Å²) in [6.45, 7) is 1.67. The Morgan fingerprint density at radius 1 is 1.25 bits per heavy atom. The van der Waals surface area contributed by atoms with Crippen LogP contribution in [0.3, 0.4) is 0 Å². The minimum Gasteiger partial charge on any atom is -0.381 e. The van der Waals surface area contributed by atoms with Crippen LogP contribution >= 0.6 is 0 Å². The molecule has 0 spiro atoms. The van der Waals surface area contributed by atoms with E-state index in [9.17, 15) is 0 Å². The fourth-order valence-corrected chi connectivity index (χ4v) is 2.53. The van der Waals surface area contributed by atoms with Crippen LogP contribution in [0.2, 0.25) is 0 Å². The van der Waals surface area contributed by atoms with Crippen LogP contribution in [0.4, 0.5) is 0 Å². The molecule has 1 unspecified atom stereocenters. The molecular formula is C11H18N4O. The Kier molecular flexibility index (Phi) is 2.65. The Bertz CT molecular complexity index is 370. The molecule has 5 nitrogen and oxygen atoms in total. The van der Waals surface area contributed by atoms with Crippen LogP contribution in [0.25, 0.3) is 0 Å². The molecule has 3 heterocycles. The van der Waals surface area contributed by atoms with Crippen molar-refractivity contribution in [3.05, 3.63) is 11.6 Å². The average Bonchev–Trinajstić information content (AvgIpc) is 2.76. The van der Waals surface area contributed by atoms with E-state index in [1.807, 2.05) is 4.68 Å². The first-order valence-electron chi connectivity index (χ1n) is 6.13. The van der Waals surface area contributed by atoms with Crippen LogP contribution in [0.1, 0.15) is 49.4 Å². The molecule has 0 saturated carbocycles. The molecule has 0 amide bonds. The van der Waals surface area contributed by atoms with Crippen molar-refractivity contribution in [2.75, 3.05) is 13.2 Å². The summed E-state index contributed by atoms with van der Waals surface area (Å²) in [6.07, 6.45) is 5.28. The van der Waals surface area contributed by atoms with Crippen molar-refractivity contribution in [1.29, 1.82) is 0 Å². The SMILES string of the molecule is NC1CCCc2nc(C3CCOCC3)nn21. The van der Waals surface area contributed by atoms with E-state index in [-0.39, 0.29) is 6.17 Å². The molecule has 0 bridgehead atoms. The summed E-state index contributed by atoms with van der Waals surface area (Å²) in [4.78, 5) is 4.64. The molecule has 1 aromatic rings. The van der Waals surface area contributed by atoms with E-state index in [4.69, 9.17) is 10.5 Å². The fraction of sp³-hybridized carbons (Fsp3) is 0.818. The minimum atomic E-state index is 0.0323. The number of aromatic nitrogens is 3. The topological polar surface area (TPSA) is 66.0 Å². The maximum atomic E-state index is 6.02. The van der Waals surface area contributed by atoms with Crippen molar-refractivity contribution in [2.45, 2.75) is 44.2 Å². The van der Waals surface area contributed by atoms with Gasteiger partial charge in [0.15, 0.2) is 5.82 Å². The molecule has 16 heavy (non-hydrogen) atoms. The molecule has 0 radical (unpaired) electrons. The van der Waals surface area contributed by atoms with Gasteiger partial charge in [0.1, 0.15) is 12.0 Å². The highest BCUT2D eigenvalue weighted by atomic mass is 16.5. The molecule has 5 heteroatoms. The first kappa shape index (κ1) is 10.2. The molecule has 1 fully saturated rings. The van der Waals surface area contributed by atoms with Crippen molar-refractivity contribution in [2.24, 2.45) is 5.73 Å². The smallest absolute Gasteiger partial charge is 0.154 e. The Balaban J connectivity index is 1.85. The second kappa shape index (κ2) is 4.14. The molecule has 2 aliphatic rings. The second-order valence-corrected chi connectivity index (χ2v) is 4.68. The summed E-state index contributed by atoms with van der Waals surface area (Å²) in [5.74, 6) is 2.52. The van der Waals surface area contributed by atoms with Gasteiger partial charge in [-0.25, -0.2) is 9.67 Å². The first-order chi connectivity index (χ1) is 7.84. The molecule has 3 rings (SSSR count). The predicted molar refractivity (Wildman–Crippen MR) is 59.0 cm³/mol. The molecule has 0 aliphatic carbocycles. The van der Waals surface area contributed by atoms with E-state index in [0.29, 0.717) is 5.92 Å². The number of nitrogens with zero attached hydrogens (tertiary/aromatic N) is 3. The van der Waals surface area contributed by atoms with Gasteiger partial charge in [0.25, 0.3) is 0 Å². The van der Waals surface area contributed by atoms with Crippen LogP contribution in [0.5, 0.6) is 0 Å². The Morgan fingerprint density at radius 2 is 2.06 bits per heavy atom. The lowest BCUT2D eigenvalue weighted by atomic mass is 10.00. The summed E-state index contributed by atoms with van der Waals surface area (Å²) >= 11 is 0. The van der Waals surface area contributed by atoms with E-state index in [1.54, 1.807) is 0 Å².